The fourth-order valence-electron chi connectivity index (χ4n) is 6.46. The smallest absolute Gasteiger partial charge is 0.253 e. The highest BCUT2D eigenvalue weighted by Crippen LogP contribution is 2.42. The number of ether oxygens (including phenoxy) is 2. The van der Waals surface area contributed by atoms with Crippen LogP contribution in [0.15, 0.2) is 128 Å². The quantitative estimate of drug-likeness (QED) is 0.131. The molecule has 3 N–H and O–H groups in total. The van der Waals surface area contributed by atoms with Crippen LogP contribution in [0.4, 0.5) is 0 Å². The second kappa shape index (κ2) is 16.3. The zero-order valence-corrected chi connectivity index (χ0v) is 28.7. The number of rotatable bonds is 12. The number of pyridine rings is 1. The number of carbonyl (C=O) groups is 1. The summed E-state index contributed by atoms with van der Waals surface area (Å²) in [5.41, 5.74) is 7.15. The molecule has 1 fully saturated rings. The fraction of sp³-hybridized carbons (Fsp3) is 0.286. The van der Waals surface area contributed by atoms with Gasteiger partial charge in [-0.1, -0.05) is 97.9 Å². The maximum atomic E-state index is 12.6. The number of amides is 1. The van der Waals surface area contributed by atoms with Gasteiger partial charge in [0, 0.05) is 43.0 Å². The average Bonchev–Trinajstić information content (AvgIpc) is 3.18. The van der Waals surface area contributed by atoms with Crippen LogP contribution in [0.25, 0.3) is 11.1 Å². The molecule has 1 aliphatic heterocycles. The summed E-state index contributed by atoms with van der Waals surface area (Å²) in [5.74, 6) is -0.174. The monoisotopic (exact) mass is 671 g/mol. The van der Waals surface area contributed by atoms with Gasteiger partial charge in [-0.05, 0) is 71.6 Å². The van der Waals surface area contributed by atoms with Crippen molar-refractivity contribution in [3.05, 3.63) is 161 Å². The van der Waals surface area contributed by atoms with Crippen LogP contribution in [-0.2, 0) is 22.6 Å². The summed E-state index contributed by atoms with van der Waals surface area (Å²) in [6, 6.07) is 37.3. The lowest BCUT2D eigenvalue weighted by atomic mass is 9.89. The normalized spacial score (nSPS) is 20.3. The van der Waals surface area contributed by atoms with Gasteiger partial charge in [0.15, 0.2) is 6.29 Å². The fourth-order valence-corrected chi connectivity index (χ4v) is 6.46. The minimum atomic E-state index is -0.648. The standard InChI is InChI=1S/C42H45N3O5/c1-28-38(26-45(3)29(2)39(47)32-11-5-4-6-12-32)49-42(50-40(28)33-19-17-30(27-46)18-20-33)36-15-8-14-35(23-36)34-13-7-10-31(22-34)24-44-41(48)37-16-9-21-43-25-37/h4-23,25,28-29,38-40,42,46-47H,24,26-27H2,1-3H3,(H,44,48)/t28-,29-,38+,39-,40+,42+/m1/s1. The Hall–Kier alpha value is -4.70. The van der Waals surface area contributed by atoms with E-state index in [4.69, 9.17) is 9.47 Å². The molecule has 258 valence electrons. The topological polar surface area (TPSA) is 104 Å². The van der Waals surface area contributed by atoms with Crippen molar-refractivity contribution in [3.8, 4) is 11.1 Å². The molecule has 2 heterocycles. The first-order valence-corrected chi connectivity index (χ1v) is 17.1. The molecule has 50 heavy (non-hydrogen) atoms. The third kappa shape index (κ3) is 8.35. The first-order chi connectivity index (χ1) is 24.3. The molecule has 8 nitrogen and oxygen atoms in total. The van der Waals surface area contributed by atoms with Crippen molar-refractivity contribution < 1.29 is 24.5 Å². The highest BCUT2D eigenvalue weighted by molar-refractivity contribution is 5.93. The summed E-state index contributed by atoms with van der Waals surface area (Å²) in [7, 11) is 2.02. The van der Waals surface area contributed by atoms with Crippen LogP contribution in [-0.4, -0.2) is 51.7 Å². The Labute approximate surface area is 294 Å². The number of benzene rings is 4. The molecule has 0 radical (unpaired) electrons. The van der Waals surface area contributed by atoms with Crippen molar-refractivity contribution in [1.29, 1.82) is 0 Å². The Morgan fingerprint density at radius 1 is 0.860 bits per heavy atom. The van der Waals surface area contributed by atoms with Gasteiger partial charge >= 0.3 is 0 Å². The van der Waals surface area contributed by atoms with Gasteiger partial charge in [-0.3, -0.25) is 14.7 Å². The van der Waals surface area contributed by atoms with E-state index in [9.17, 15) is 15.0 Å². The minimum Gasteiger partial charge on any atom is -0.392 e. The number of nitrogens with one attached hydrogen (secondary N) is 1. The van der Waals surface area contributed by atoms with Crippen LogP contribution in [0.3, 0.4) is 0 Å². The zero-order valence-electron chi connectivity index (χ0n) is 28.7. The van der Waals surface area contributed by atoms with Gasteiger partial charge in [0.1, 0.15) is 0 Å². The Bertz CT molecular complexity index is 1840. The molecule has 0 spiro atoms. The van der Waals surface area contributed by atoms with Crippen LogP contribution in [0.5, 0.6) is 0 Å². The van der Waals surface area contributed by atoms with Crippen molar-refractivity contribution in [2.24, 2.45) is 5.92 Å². The molecule has 1 saturated heterocycles. The second-order valence-corrected chi connectivity index (χ2v) is 13.1. The third-order valence-corrected chi connectivity index (χ3v) is 9.68. The molecular formula is C42H45N3O5. The van der Waals surface area contributed by atoms with Crippen LogP contribution in [0.1, 0.15) is 70.5 Å². The maximum Gasteiger partial charge on any atom is 0.253 e. The molecule has 1 aliphatic rings. The molecule has 0 bridgehead atoms. The molecule has 1 amide bonds. The average molecular weight is 672 g/mol. The molecule has 1 aromatic heterocycles. The number of hydrogen-bond donors (Lipinski definition) is 3. The number of aromatic nitrogens is 1. The molecular weight excluding hydrogens is 626 g/mol. The number of nitrogens with zero attached hydrogens (tertiary/aromatic N) is 2. The van der Waals surface area contributed by atoms with Gasteiger partial charge in [0.05, 0.1) is 30.5 Å². The second-order valence-electron chi connectivity index (χ2n) is 13.1. The van der Waals surface area contributed by atoms with Crippen LogP contribution < -0.4 is 5.32 Å². The number of hydrogen-bond acceptors (Lipinski definition) is 7. The highest BCUT2D eigenvalue weighted by atomic mass is 16.7. The predicted octanol–water partition coefficient (Wildman–Crippen LogP) is 7.02. The lowest BCUT2D eigenvalue weighted by Crippen LogP contribution is -2.46. The SMILES string of the molecule is C[C@@H]1[C@H](CN(C)[C@H](C)[C@@H](O)c2ccccc2)O[C@H](c2cccc(-c3cccc(CNC(=O)c4cccnc4)c3)c2)O[C@@H]1c1ccc(CO)cc1. The van der Waals surface area contributed by atoms with E-state index in [2.05, 4.69) is 46.4 Å². The van der Waals surface area contributed by atoms with E-state index in [-0.39, 0.29) is 36.7 Å². The number of carbonyl (C=O) groups excluding carboxylic acids is 1. The number of aliphatic hydroxyl groups excluding tert-OH is 2. The van der Waals surface area contributed by atoms with Gasteiger partial charge in [0.2, 0.25) is 0 Å². The molecule has 6 rings (SSSR count). The van der Waals surface area contributed by atoms with Gasteiger partial charge in [0.25, 0.3) is 5.91 Å². The van der Waals surface area contributed by atoms with Crippen LogP contribution >= 0.6 is 0 Å². The summed E-state index contributed by atoms with van der Waals surface area (Å²) in [4.78, 5) is 18.8. The first kappa shape index (κ1) is 35.1. The van der Waals surface area contributed by atoms with E-state index >= 15 is 0 Å². The van der Waals surface area contributed by atoms with Crippen molar-refractivity contribution in [2.75, 3.05) is 13.6 Å². The van der Waals surface area contributed by atoms with Gasteiger partial charge in [-0.25, -0.2) is 0 Å². The summed E-state index contributed by atoms with van der Waals surface area (Å²) >= 11 is 0. The Kier molecular flexibility index (Phi) is 11.5. The largest absolute Gasteiger partial charge is 0.392 e. The maximum absolute atomic E-state index is 12.6. The molecule has 5 aromatic rings. The van der Waals surface area contributed by atoms with Crippen molar-refractivity contribution in [3.63, 3.8) is 0 Å². The Balaban J connectivity index is 1.22. The lowest BCUT2D eigenvalue weighted by molar-refractivity contribution is -0.276. The summed E-state index contributed by atoms with van der Waals surface area (Å²) in [6.45, 7) is 5.13. The molecule has 8 heteroatoms. The van der Waals surface area contributed by atoms with E-state index in [1.165, 1.54) is 0 Å². The lowest BCUT2D eigenvalue weighted by Gasteiger charge is -2.43. The summed E-state index contributed by atoms with van der Waals surface area (Å²) < 4.78 is 13.5. The number of aliphatic hydroxyl groups is 2. The van der Waals surface area contributed by atoms with Crippen molar-refractivity contribution >= 4 is 5.91 Å². The van der Waals surface area contributed by atoms with E-state index in [0.717, 1.165) is 38.9 Å². The molecule has 0 unspecified atom stereocenters. The molecule has 4 aromatic carbocycles. The van der Waals surface area contributed by atoms with Gasteiger partial charge < -0.3 is 25.0 Å². The Morgan fingerprint density at radius 3 is 2.32 bits per heavy atom. The van der Waals surface area contributed by atoms with Crippen LogP contribution in [0.2, 0.25) is 0 Å². The van der Waals surface area contributed by atoms with Crippen LogP contribution in [0, 0.1) is 5.92 Å². The van der Waals surface area contributed by atoms with Gasteiger partial charge in [-0.2, -0.15) is 0 Å². The molecule has 6 atom stereocenters. The van der Waals surface area contributed by atoms with E-state index in [0.29, 0.717) is 18.7 Å². The minimum absolute atomic E-state index is 0.00325. The first-order valence-electron chi connectivity index (χ1n) is 17.1. The van der Waals surface area contributed by atoms with Crippen molar-refractivity contribution in [2.45, 2.75) is 57.6 Å². The van der Waals surface area contributed by atoms with E-state index in [1.54, 1.807) is 24.5 Å². The highest BCUT2D eigenvalue weighted by Gasteiger charge is 2.39. The molecule has 0 saturated carbocycles. The van der Waals surface area contributed by atoms with E-state index < -0.39 is 12.4 Å². The third-order valence-electron chi connectivity index (χ3n) is 9.68. The van der Waals surface area contributed by atoms with E-state index in [1.807, 2.05) is 92.8 Å². The summed E-state index contributed by atoms with van der Waals surface area (Å²) in [5, 5.41) is 23.8. The molecule has 0 aliphatic carbocycles. The van der Waals surface area contributed by atoms with Crippen molar-refractivity contribution in [1.82, 2.24) is 15.2 Å². The zero-order chi connectivity index (χ0) is 35.0. The number of likely N-dealkylation sites (N-methyl/N-ethyl adjacent to an activating group) is 1. The predicted molar refractivity (Wildman–Crippen MR) is 194 cm³/mol. The Morgan fingerprint density at radius 2 is 1.60 bits per heavy atom. The van der Waals surface area contributed by atoms with Gasteiger partial charge in [-0.15, -0.1) is 0 Å². The summed E-state index contributed by atoms with van der Waals surface area (Å²) in [6.07, 6.45) is 1.45.